The fourth-order valence-corrected chi connectivity index (χ4v) is 5.81. The maximum absolute atomic E-state index is 13.0. The molecule has 5 nitrogen and oxygen atoms in total. The van der Waals surface area contributed by atoms with Gasteiger partial charge in [0.05, 0.1) is 5.02 Å². The number of halogens is 4. The Balaban J connectivity index is 2.63. The number of rotatable bonds is 4. The lowest BCUT2D eigenvalue weighted by Crippen LogP contribution is -2.39. The maximum Gasteiger partial charge on any atom is 0.283 e. The van der Waals surface area contributed by atoms with E-state index in [2.05, 4.69) is 0 Å². The van der Waals surface area contributed by atoms with Crippen LogP contribution in [0.25, 0.3) is 0 Å². The van der Waals surface area contributed by atoms with Crippen LogP contribution in [0.3, 0.4) is 0 Å². The molecule has 1 unspecified atom stereocenters. The molecule has 0 radical (unpaired) electrons. The quantitative estimate of drug-likeness (QED) is 0.311. The Morgan fingerprint density at radius 2 is 1.31 bits per heavy atom. The summed E-state index contributed by atoms with van der Waals surface area (Å²) in [6, 6.07) is 11.4. The molecule has 0 heterocycles. The van der Waals surface area contributed by atoms with E-state index in [0.717, 1.165) is 0 Å². The zero-order chi connectivity index (χ0) is 21.6. The average Bonchev–Trinajstić information content (AvgIpc) is 2.61. The topological polar surface area (TPSA) is 94.8 Å². The molecule has 0 aliphatic rings. The Morgan fingerprint density at radius 3 is 1.83 bits per heavy atom. The third kappa shape index (κ3) is 3.77. The first-order valence-electron chi connectivity index (χ1n) is 7.89. The second kappa shape index (κ2) is 7.87. The summed E-state index contributed by atoms with van der Waals surface area (Å²) in [5.74, 6) is -0.596. The minimum Gasteiger partial charge on any atom is -0.508 e. The van der Waals surface area contributed by atoms with Crippen LogP contribution >= 0.6 is 46.4 Å². The van der Waals surface area contributed by atoms with E-state index in [1.807, 2.05) is 0 Å². The van der Waals surface area contributed by atoms with Gasteiger partial charge < -0.3 is 10.2 Å². The fraction of sp³-hybridized carbons (Fsp3) is 0.0526. The van der Waals surface area contributed by atoms with E-state index < -0.39 is 20.6 Å². The Hall–Kier alpha value is -1.67. The first-order valence-corrected chi connectivity index (χ1v) is 10.8. The van der Waals surface area contributed by atoms with E-state index in [1.165, 1.54) is 54.6 Å². The van der Waals surface area contributed by atoms with Gasteiger partial charge in [0.25, 0.3) is 10.1 Å². The van der Waals surface area contributed by atoms with Gasteiger partial charge in [-0.25, -0.2) is 0 Å². The van der Waals surface area contributed by atoms with E-state index in [9.17, 15) is 23.2 Å². The van der Waals surface area contributed by atoms with Crippen LogP contribution in [0.2, 0.25) is 20.1 Å². The maximum atomic E-state index is 13.0. The molecule has 3 aromatic rings. The number of phenols is 2. The van der Waals surface area contributed by atoms with Gasteiger partial charge in [-0.1, -0.05) is 58.5 Å². The summed E-state index contributed by atoms with van der Waals surface area (Å²) in [7, 11) is -5.07. The molecule has 0 aliphatic carbocycles. The van der Waals surface area contributed by atoms with Crippen molar-refractivity contribution in [1.29, 1.82) is 0 Å². The molecule has 0 saturated heterocycles. The van der Waals surface area contributed by atoms with Crippen molar-refractivity contribution < 1.29 is 23.2 Å². The van der Waals surface area contributed by atoms with Gasteiger partial charge in [-0.15, -0.1) is 0 Å². The molecule has 0 aromatic heterocycles. The van der Waals surface area contributed by atoms with Gasteiger partial charge >= 0.3 is 0 Å². The van der Waals surface area contributed by atoms with Crippen LogP contribution in [0.5, 0.6) is 11.5 Å². The van der Waals surface area contributed by atoms with Crippen molar-refractivity contribution in [3.63, 3.8) is 0 Å². The molecular weight excluding hydrogens is 482 g/mol. The first kappa shape index (κ1) is 22.0. The van der Waals surface area contributed by atoms with Crippen LogP contribution in [0.4, 0.5) is 0 Å². The molecule has 3 aromatic carbocycles. The molecule has 3 N–H and O–H groups in total. The standard InChI is InChI=1S/C19H12Cl4O5S/c20-12-7-11(8-13(21)9-12)19(29(26,27)28,10-1-3-14(24)4-2-10)17-15(22)5-6-16(25)18(17)23/h1-9,24-25H,(H,26,27,28). The highest BCUT2D eigenvalue weighted by molar-refractivity contribution is 7.87. The molecule has 0 saturated carbocycles. The summed E-state index contributed by atoms with van der Waals surface area (Å²) in [4.78, 5) is 0. The average molecular weight is 494 g/mol. The van der Waals surface area contributed by atoms with Gasteiger partial charge in [0.1, 0.15) is 11.5 Å². The van der Waals surface area contributed by atoms with Crippen molar-refractivity contribution >= 4 is 56.5 Å². The monoisotopic (exact) mass is 492 g/mol. The SMILES string of the molecule is O=S(=O)(O)C(c1ccc(O)cc1)(c1cc(Cl)cc(Cl)c1)c1c(Cl)ccc(O)c1Cl. The zero-order valence-corrected chi connectivity index (χ0v) is 18.1. The fourth-order valence-electron chi connectivity index (χ4n) is 3.20. The minimum atomic E-state index is -5.07. The van der Waals surface area contributed by atoms with Crippen molar-refractivity contribution in [3.05, 3.63) is 91.4 Å². The highest BCUT2D eigenvalue weighted by Crippen LogP contribution is 2.51. The lowest BCUT2D eigenvalue weighted by atomic mass is 9.83. The van der Waals surface area contributed by atoms with Crippen molar-refractivity contribution in [2.45, 2.75) is 4.75 Å². The van der Waals surface area contributed by atoms with E-state index in [1.54, 1.807) is 0 Å². The van der Waals surface area contributed by atoms with E-state index >= 15 is 0 Å². The van der Waals surface area contributed by atoms with Crippen LogP contribution in [-0.4, -0.2) is 23.2 Å². The van der Waals surface area contributed by atoms with Gasteiger partial charge in [-0.2, -0.15) is 8.42 Å². The van der Waals surface area contributed by atoms with Gasteiger partial charge in [0, 0.05) is 20.6 Å². The van der Waals surface area contributed by atoms with E-state index in [-0.39, 0.29) is 42.5 Å². The normalized spacial score (nSPS) is 13.8. The predicted octanol–water partition coefficient (Wildman–Crippen LogP) is 5.89. The van der Waals surface area contributed by atoms with Crippen LogP contribution in [0.15, 0.2) is 54.6 Å². The van der Waals surface area contributed by atoms with E-state index in [4.69, 9.17) is 46.4 Å². The summed E-state index contributed by atoms with van der Waals surface area (Å²) in [5.41, 5.74) is -0.393. The Morgan fingerprint density at radius 1 is 0.759 bits per heavy atom. The van der Waals surface area contributed by atoms with Crippen LogP contribution in [-0.2, 0) is 14.9 Å². The predicted molar refractivity (Wildman–Crippen MR) is 114 cm³/mol. The molecule has 0 spiro atoms. The van der Waals surface area contributed by atoms with Crippen LogP contribution in [0, 0.1) is 0 Å². The van der Waals surface area contributed by atoms with Gasteiger partial charge in [0.15, 0.2) is 4.75 Å². The summed E-state index contributed by atoms with van der Waals surface area (Å²) in [6.07, 6.45) is 0. The number of aromatic hydroxyl groups is 2. The Bertz CT molecular complexity index is 1180. The van der Waals surface area contributed by atoms with Gasteiger partial charge in [-0.3, -0.25) is 4.55 Å². The van der Waals surface area contributed by atoms with Crippen molar-refractivity contribution in [1.82, 2.24) is 0 Å². The van der Waals surface area contributed by atoms with Crippen LogP contribution < -0.4 is 0 Å². The second-order valence-electron chi connectivity index (χ2n) is 6.12. The second-order valence-corrected chi connectivity index (χ2v) is 9.34. The Kier molecular flexibility index (Phi) is 5.98. The van der Waals surface area contributed by atoms with Gasteiger partial charge in [0.2, 0.25) is 0 Å². The van der Waals surface area contributed by atoms with Crippen LogP contribution in [0.1, 0.15) is 16.7 Å². The molecular formula is C19H12Cl4O5S. The Labute approximate surface area is 186 Å². The molecule has 29 heavy (non-hydrogen) atoms. The number of hydrogen-bond donors (Lipinski definition) is 3. The largest absolute Gasteiger partial charge is 0.508 e. The highest BCUT2D eigenvalue weighted by Gasteiger charge is 2.51. The summed E-state index contributed by atoms with van der Waals surface area (Å²) in [5, 5.41) is 19.4. The van der Waals surface area contributed by atoms with Crippen molar-refractivity contribution in [2.24, 2.45) is 0 Å². The van der Waals surface area contributed by atoms with Crippen molar-refractivity contribution in [2.75, 3.05) is 0 Å². The molecule has 0 bridgehead atoms. The van der Waals surface area contributed by atoms with E-state index in [0.29, 0.717) is 0 Å². The lowest BCUT2D eigenvalue weighted by molar-refractivity contribution is 0.455. The summed E-state index contributed by atoms with van der Waals surface area (Å²) in [6.45, 7) is 0. The number of benzene rings is 3. The molecule has 152 valence electrons. The molecule has 1 atom stereocenters. The smallest absolute Gasteiger partial charge is 0.283 e. The molecule has 10 heteroatoms. The first-order chi connectivity index (χ1) is 13.5. The lowest BCUT2D eigenvalue weighted by Gasteiger charge is -2.34. The number of hydrogen-bond acceptors (Lipinski definition) is 4. The molecule has 3 rings (SSSR count). The molecule has 0 fully saturated rings. The minimum absolute atomic E-state index is 0.0227. The third-order valence-electron chi connectivity index (χ3n) is 4.35. The van der Waals surface area contributed by atoms with Crippen molar-refractivity contribution in [3.8, 4) is 11.5 Å². The summed E-state index contributed by atoms with van der Waals surface area (Å²) < 4.78 is 34.1. The zero-order valence-electron chi connectivity index (χ0n) is 14.3. The number of phenolic OH excluding ortho intramolecular Hbond substituents is 2. The molecule has 0 aliphatic heterocycles. The third-order valence-corrected chi connectivity index (χ3v) is 6.94. The molecule has 0 amide bonds. The van der Waals surface area contributed by atoms with Gasteiger partial charge in [-0.05, 0) is 53.6 Å². The highest BCUT2D eigenvalue weighted by atomic mass is 35.5. The summed E-state index contributed by atoms with van der Waals surface area (Å²) >= 11 is 24.8.